The molecule has 1 amide bonds. The molecule has 3 N–H and O–H groups in total. The lowest BCUT2D eigenvalue weighted by Gasteiger charge is -2.17. The fourth-order valence-corrected chi connectivity index (χ4v) is 3.10. The van der Waals surface area contributed by atoms with Crippen LogP contribution in [-0.2, 0) is 10.2 Å². The number of rotatable bonds is 3. The molecule has 0 spiro atoms. The monoisotopic (exact) mass is 321 g/mol. The summed E-state index contributed by atoms with van der Waals surface area (Å²) < 4.78 is 38.6. The van der Waals surface area contributed by atoms with Gasteiger partial charge in [0.1, 0.15) is 0 Å². The first-order valence-corrected chi connectivity index (χ1v) is 7.79. The molecule has 1 aromatic carbocycles. The fourth-order valence-electron chi connectivity index (χ4n) is 1.63. The molecule has 20 heavy (non-hydrogen) atoms. The quantitative estimate of drug-likeness (QED) is 0.758. The average Bonchev–Trinajstić information content (AvgIpc) is 2.79. The van der Waals surface area contributed by atoms with Gasteiger partial charge in [-0.15, -0.1) is 11.3 Å². The number of thiophene rings is 1. The SMILES string of the molecule is CNC(=O)c1cc2cc(C(F)(F)P(=O)(O)O)ccc2s1. The van der Waals surface area contributed by atoms with Gasteiger partial charge in [0.25, 0.3) is 5.91 Å². The number of hydrogen-bond donors (Lipinski definition) is 3. The van der Waals surface area contributed by atoms with E-state index in [4.69, 9.17) is 9.79 Å². The molecule has 0 aliphatic rings. The van der Waals surface area contributed by atoms with Crippen molar-refractivity contribution in [1.82, 2.24) is 5.32 Å². The summed E-state index contributed by atoms with van der Waals surface area (Å²) in [6, 6.07) is 4.65. The van der Waals surface area contributed by atoms with Crippen LogP contribution < -0.4 is 5.32 Å². The summed E-state index contributed by atoms with van der Waals surface area (Å²) in [5, 5.41) is 2.74. The zero-order chi connectivity index (χ0) is 15.1. The predicted molar refractivity (Wildman–Crippen MR) is 71.2 cm³/mol. The van der Waals surface area contributed by atoms with Crippen molar-refractivity contribution in [2.75, 3.05) is 7.05 Å². The molecule has 5 nitrogen and oxygen atoms in total. The first-order chi connectivity index (χ1) is 9.16. The van der Waals surface area contributed by atoms with Crippen LogP contribution in [0.2, 0.25) is 0 Å². The van der Waals surface area contributed by atoms with E-state index in [1.165, 1.54) is 19.2 Å². The Balaban J connectivity index is 2.54. The van der Waals surface area contributed by atoms with Gasteiger partial charge in [-0.1, -0.05) is 6.07 Å². The number of hydrogen-bond acceptors (Lipinski definition) is 3. The van der Waals surface area contributed by atoms with Crippen molar-refractivity contribution in [1.29, 1.82) is 0 Å². The Labute approximate surface area is 116 Å². The number of amides is 1. The summed E-state index contributed by atoms with van der Waals surface area (Å²) in [6.07, 6.45) is 0. The third-order valence-corrected chi connectivity index (χ3v) is 4.79. The third kappa shape index (κ3) is 2.47. The smallest absolute Gasteiger partial charge is 0.354 e. The molecular formula is C11H10F2NO4PS. The van der Waals surface area contributed by atoms with Crippen LogP contribution in [0.4, 0.5) is 8.78 Å². The van der Waals surface area contributed by atoms with Gasteiger partial charge in [-0.05, 0) is 23.6 Å². The lowest BCUT2D eigenvalue weighted by atomic mass is 10.1. The van der Waals surface area contributed by atoms with E-state index < -0.39 is 18.8 Å². The Hall–Kier alpha value is -1.34. The zero-order valence-electron chi connectivity index (χ0n) is 10.1. The van der Waals surface area contributed by atoms with Gasteiger partial charge in [0.15, 0.2) is 0 Å². The maximum Gasteiger partial charge on any atom is 0.399 e. The Bertz CT molecular complexity index is 724. The molecule has 108 valence electrons. The van der Waals surface area contributed by atoms with Gasteiger partial charge >= 0.3 is 13.3 Å². The Morgan fingerprint density at radius 2 is 2.00 bits per heavy atom. The number of halogens is 2. The van der Waals surface area contributed by atoms with Crippen molar-refractivity contribution in [3.05, 3.63) is 34.7 Å². The van der Waals surface area contributed by atoms with E-state index in [2.05, 4.69) is 5.32 Å². The molecule has 0 aliphatic heterocycles. The summed E-state index contributed by atoms with van der Waals surface area (Å²) in [6.45, 7) is 0. The molecule has 1 aromatic heterocycles. The van der Waals surface area contributed by atoms with E-state index >= 15 is 0 Å². The van der Waals surface area contributed by atoms with Crippen LogP contribution in [0.3, 0.4) is 0 Å². The number of carbonyl (C=O) groups excluding carboxylic acids is 1. The molecule has 0 aliphatic carbocycles. The number of benzene rings is 1. The highest BCUT2D eigenvalue weighted by Gasteiger charge is 2.50. The molecular weight excluding hydrogens is 311 g/mol. The fraction of sp³-hybridized carbons (Fsp3) is 0.182. The molecule has 0 atom stereocenters. The number of carbonyl (C=O) groups is 1. The Kier molecular flexibility index (Phi) is 3.68. The molecule has 0 saturated heterocycles. The van der Waals surface area contributed by atoms with Gasteiger partial charge in [-0.3, -0.25) is 9.36 Å². The molecule has 0 unspecified atom stereocenters. The van der Waals surface area contributed by atoms with Crippen LogP contribution >= 0.6 is 18.9 Å². The van der Waals surface area contributed by atoms with Crippen LogP contribution in [0.15, 0.2) is 24.3 Å². The Morgan fingerprint density at radius 3 is 2.55 bits per heavy atom. The standard InChI is InChI=1S/C11H10F2NO4PS/c1-14-10(15)9-5-6-4-7(2-3-8(6)20-9)11(12,13)19(16,17)18/h2-5H,1H3,(H,14,15)(H2,16,17,18). The van der Waals surface area contributed by atoms with Crippen molar-refractivity contribution in [2.24, 2.45) is 0 Å². The van der Waals surface area contributed by atoms with Gasteiger partial charge in [-0.2, -0.15) is 8.78 Å². The first-order valence-electron chi connectivity index (χ1n) is 5.36. The molecule has 0 bridgehead atoms. The maximum atomic E-state index is 13.6. The van der Waals surface area contributed by atoms with Gasteiger partial charge in [0.05, 0.1) is 4.88 Å². The largest absolute Gasteiger partial charge is 0.399 e. The summed E-state index contributed by atoms with van der Waals surface area (Å²) in [5.74, 6) is -0.352. The summed E-state index contributed by atoms with van der Waals surface area (Å²) >= 11 is 1.11. The second kappa shape index (κ2) is 4.89. The van der Waals surface area contributed by atoms with E-state index in [1.54, 1.807) is 0 Å². The van der Waals surface area contributed by atoms with E-state index in [9.17, 15) is 18.1 Å². The summed E-state index contributed by atoms with van der Waals surface area (Å²) in [5.41, 5.74) is -5.03. The summed E-state index contributed by atoms with van der Waals surface area (Å²) in [7, 11) is -4.15. The Morgan fingerprint density at radius 1 is 1.35 bits per heavy atom. The molecule has 0 saturated carbocycles. The number of nitrogens with one attached hydrogen (secondary N) is 1. The highest BCUT2D eigenvalue weighted by Crippen LogP contribution is 2.59. The third-order valence-electron chi connectivity index (χ3n) is 2.68. The molecule has 2 rings (SSSR count). The minimum Gasteiger partial charge on any atom is -0.354 e. The van der Waals surface area contributed by atoms with Crippen LogP contribution in [0.1, 0.15) is 15.2 Å². The van der Waals surface area contributed by atoms with Crippen molar-refractivity contribution in [3.63, 3.8) is 0 Å². The normalized spacial score (nSPS) is 12.7. The van der Waals surface area contributed by atoms with E-state index in [0.29, 0.717) is 15.0 Å². The van der Waals surface area contributed by atoms with Crippen LogP contribution in [0.25, 0.3) is 10.1 Å². The van der Waals surface area contributed by atoms with E-state index in [1.807, 2.05) is 0 Å². The maximum absolute atomic E-state index is 13.6. The second-order valence-electron chi connectivity index (χ2n) is 4.03. The highest BCUT2D eigenvalue weighted by molar-refractivity contribution is 7.52. The molecule has 2 aromatic rings. The molecule has 9 heteroatoms. The summed E-state index contributed by atoms with van der Waals surface area (Å²) in [4.78, 5) is 29.2. The highest BCUT2D eigenvalue weighted by atomic mass is 32.1. The first kappa shape index (κ1) is 15.1. The minimum absolute atomic E-state index is 0.333. The van der Waals surface area contributed by atoms with Crippen molar-refractivity contribution < 1.29 is 27.9 Å². The predicted octanol–water partition coefficient (Wildman–Crippen LogP) is 2.49. The lowest BCUT2D eigenvalue weighted by Crippen LogP contribution is -2.15. The molecule has 0 radical (unpaired) electrons. The topological polar surface area (TPSA) is 86.6 Å². The number of fused-ring (bicyclic) bond motifs is 1. The number of alkyl halides is 2. The van der Waals surface area contributed by atoms with Crippen molar-refractivity contribution in [3.8, 4) is 0 Å². The van der Waals surface area contributed by atoms with Crippen LogP contribution in [0.5, 0.6) is 0 Å². The average molecular weight is 321 g/mol. The van der Waals surface area contributed by atoms with E-state index in [-0.39, 0.29) is 5.91 Å². The van der Waals surface area contributed by atoms with E-state index in [0.717, 1.165) is 23.5 Å². The molecule has 1 heterocycles. The van der Waals surface area contributed by atoms with Crippen LogP contribution in [0, 0.1) is 0 Å². The zero-order valence-corrected chi connectivity index (χ0v) is 11.8. The van der Waals surface area contributed by atoms with Gasteiger partial charge in [0.2, 0.25) is 0 Å². The second-order valence-corrected chi connectivity index (χ2v) is 6.76. The van der Waals surface area contributed by atoms with Crippen molar-refractivity contribution >= 4 is 34.9 Å². The minimum atomic E-state index is -5.60. The van der Waals surface area contributed by atoms with Gasteiger partial charge < -0.3 is 15.1 Å². The van der Waals surface area contributed by atoms with Crippen molar-refractivity contribution in [2.45, 2.75) is 5.66 Å². The molecule has 0 fully saturated rings. The van der Waals surface area contributed by atoms with Crippen LogP contribution in [-0.4, -0.2) is 22.7 Å². The van der Waals surface area contributed by atoms with Gasteiger partial charge in [0, 0.05) is 17.3 Å². The van der Waals surface area contributed by atoms with Gasteiger partial charge in [-0.25, -0.2) is 0 Å². The lowest BCUT2D eigenvalue weighted by molar-refractivity contribution is 0.0566.